The van der Waals surface area contributed by atoms with Gasteiger partial charge in [-0.1, -0.05) is 97.1 Å². The number of hydrogen-bond donors (Lipinski definition) is 0. The first kappa shape index (κ1) is 23.9. The molecule has 1 heterocycles. The number of ether oxygens (including phenoxy) is 2. The van der Waals surface area contributed by atoms with Crippen LogP contribution in [0.25, 0.3) is 43.1 Å². The Morgan fingerprint density at radius 2 is 0.860 bits per heavy atom. The smallest absolute Gasteiger partial charge is 0.172 e. The average molecular weight is 552 g/mol. The molecule has 0 unspecified atom stereocenters. The van der Waals surface area contributed by atoms with E-state index >= 15 is 0 Å². The largest absolute Gasteiger partial charge is 0.453 e. The Morgan fingerprint density at radius 1 is 0.326 bits per heavy atom. The summed E-state index contributed by atoms with van der Waals surface area (Å²) in [7, 11) is 0. The van der Waals surface area contributed by atoms with E-state index in [1.807, 2.05) is 36.4 Å². The molecule has 3 nitrogen and oxygen atoms in total. The van der Waals surface area contributed by atoms with Gasteiger partial charge >= 0.3 is 0 Å². The van der Waals surface area contributed by atoms with Crippen LogP contribution < -0.4 is 14.4 Å². The fourth-order valence-electron chi connectivity index (χ4n) is 6.54. The van der Waals surface area contributed by atoms with Gasteiger partial charge in [-0.3, -0.25) is 0 Å². The molecule has 0 atom stereocenters. The Bertz CT molecular complexity index is 2320. The second kappa shape index (κ2) is 9.37. The maximum absolute atomic E-state index is 6.56. The first-order chi connectivity index (χ1) is 21.3. The lowest BCUT2D eigenvalue weighted by molar-refractivity contribution is 0.439. The van der Waals surface area contributed by atoms with Gasteiger partial charge in [0.15, 0.2) is 11.5 Å². The lowest BCUT2D eigenvalue weighted by atomic mass is 9.94. The minimum Gasteiger partial charge on any atom is -0.453 e. The second-order valence-corrected chi connectivity index (χ2v) is 10.9. The standard InChI is InChI=1S/C40H25NO2/c1-2-12-27(13-3-1)41(28-20-22-34-32-16-5-4-14-30(32)31-15-6-7-17-33(31)35(34)24-28)29-21-23-36-39(25-29)43-38-19-9-11-26-10-8-18-37(42-36)40(26)38/h1-25H. The molecule has 1 aliphatic rings. The van der Waals surface area contributed by atoms with E-state index in [0.29, 0.717) is 11.5 Å². The van der Waals surface area contributed by atoms with E-state index in [9.17, 15) is 0 Å². The summed E-state index contributed by atoms with van der Waals surface area (Å²) in [6, 6.07) is 53.1. The molecule has 0 spiro atoms. The van der Waals surface area contributed by atoms with Crippen LogP contribution in [0, 0.1) is 0 Å². The molecule has 43 heavy (non-hydrogen) atoms. The highest BCUT2D eigenvalue weighted by Crippen LogP contribution is 2.48. The van der Waals surface area contributed by atoms with Gasteiger partial charge in [0, 0.05) is 17.4 Å². The highest BCUT2D eigenvalue weighted by molar-refractivity contribution is 6.25. The minimum atomic E-state index is 0.680. The Hall–Kier alpha value is -5.80. The summed E-state index contributed by atoms with van der Waals surface area (Å²) in [5.41, 5.74) is 3.11. The number of benzene rings is 8. The molecule has 0 bridgehead atoms. The van der Waals surface area contributed by atoms with E-state index in [0.717, 1.165) is 39.3 Å². The van der Waals surface area contributed by atoms with Gasteiger partial charge in [0.2, 0.25) is 0 Å². The highest BCUT2D eigenvalue weighted by Gasteiger charge is 2.22. The second-order valence-electron chi connectivity index (χ2n) is 10.9. The van der Waals surface area contributed by atoms with Crippen molar-refractivity contribution in [1.82, 2.24) is 0 Å². The van der Waals surface area contributed by atoms with E-state index in [2.05, 4.69) is 120 Å². The minimum absolute atomic E-state index is 0.680. The number of nitrogens with zero attached hydrogens (tertiary/aromatic N) is 1. The van der Waals surface area contributed by atoms with Crippen LogP contribution in [-0.4, -0.2) is 0 Å². The Balaban J connectivity index is 1.25. The van der Waals surface area contributed by atoms with E-state index < -0.39 is 0 Å². The zero-order valence-electron chi connectivity index (χ0n) is 23.2. The molecule has 0 N–H and O–H groups in total. The van der Waals surface area contributed by atoms with Crippen LogP contribution >= 0.6 is 0 Å². The lowest BCUT2D eigenvalue weighted by Gasteiger charge is -2.27. The van der Waals surface area contributed by atoms with Crippen LogP contribution in [0.5, 0.6) is 23.0 Å². The Kier molecular flexibility index (Phi) is 5.20. The third-order valence-electron chi connectivity index (χ3n) is 8.45. The molecule has 0 radical (unpaired) electrons. The fraction of sp³-hybridized carbons (Fsp3) is 0. The molecule has 8 aromatic rings. The van der Waals surface area contributed by atoms with Crippen LogP contribution in [0.2, 0.25) is 0 Å². The topological polar surface area (TPSA) is 21.7 Å². The monoisotopic (exact) mass is 551 g/mol. The first-order valence-corrected chi connectivity index (χ1v) is 14.5. The molecule has 9 rings (SSSR count). The highest BCUT2D eigenvalue weighted by atomic mass is 16.5. The van der Waals surface area contributed by atoms with E-state index in [-0.39, 0.29) is 0 Å². The van der Waals surface area contributed by atoms with Gasteiger partial charge in [0.25, 0.3) is 0 Å². The molecule has 0 saturated heterocycles. The van der Waals surface area contributed by atoms with E-state index in [1.54, 1.807) is 0 Å². The van der Waals surface area contributed by atoms with Crippen molar-refractivity contribution in [2.24, 2.45) is 0 Å². The number of para-hydroxylation sites is 1. The Labute approximate surface area is 248 Å². The van der Waals surface area contributed by atoms with Crippen LogP contribution in [-0.2, 0) is 0 Å². The summed E-state index contributed by atoms with van der Waals surface area (Å²) in [4.78, 5) is 2.28. The third-order valence-corrected chi connectivity index (χ3v) is 8.45. The van der Waals surface area contributed by atoms with Crippen molar-refractivity contribution in [3.05, 3.63) is 152 Å². The summed E-state index contributed by atoms with van der Waals surface area (Å²) >= 11 is 0. The van der Waals surface area contributed by atoms with Crippen molar-refractivity contribution >= 4 is 60.2 Å². The maximum Gasteiger partial charge on any atom is 0.172 e. The molecular weight excluding hydrogens is 526 g/mol. The summed E-state index contributed by atoms with van der Waals surface area (Å²) in [6.07, 6.45) is 0. The van der Waals surface area contributed by atoms with Gasteiger partial charge in [0.1, 0.15) is 11.5 Å². The molecule has 202 valence electrons. The quantitative estimate of drug-likeness (QED) is 0.204. The zero-order valence-corrected chi connectivity index (χ0v) is 23.2. The summed E-state index contributed by atoms with van der Waals surface area (Å²) < 4.78 is 13.0. The van der Waals surface area contributed by atoms with Gasteiger partial charge in [-0.15, -0.1) is 0 Å². The van der Waals surface area contributed by atoms with Crippen molar-refractivity contribution in [3.63, 3.8) is 0 Å². The molecule has 0 aliphatic carbocycles. The van der Waals surface area contributed by atoms with Gasteiger partial charge in [-0.25, -0.2) is 0 Å². The summed E-state index contributed by atoms with van der Waals surface area (Å²) in [5, 5.41) is 9.59. The van der Waals surface area contributed by atoms with Crippen LogP contribution in [0.1, 0.15) is 0 Å². The molecule has 1 aliphatic heterocycles. The van der Waals surface area contributed by atoms with Gasteiger partial charge in [-0.05, 0) is 86.2 Å². The van der Waals surface area contributed by atoms with Crippen molar-refractivity contribution in [2.45, 2.75) is 0 Å². The van der Waals surface area contributed by atoms with Crippen LogP contribution in [0.15, 0.2) is 152 Å². The number of rotatable bonds is 3. The molecular formula is C40H25NO2. The zero-order chi connectivity index (χ0) is 28.3. The van der Waals surface area contributed by atoms with E-state index in [1.165, 1.54) is 32.3 Å². The van der Waals surface area contributed by atoms with Crippen molar-refractivity contribution in [2.75, 3.05) is 4.90 Å². The molecule has 3 heteroatoms. The normalized spacial score (nSPS) is 12.1. The van der Waals surface area contributed by atoms with Gasteiger partial charge in [-0.2, -0.15) is 0 Å². The molecule has 0 saturated carbocycles. The van der Waals surface area contributed by atoms with Gasteiger partial charge in [0.05, 0.1) is 11.1 Å². The first-order valence-electron chi connectivity index (χ1n) is 14.5. The predicted octanol–water partition coefficient (Wildman–Crippen LogP) is 11.7. The van der Waals surface area contributed by atoms with Crippen molar-refractivity contribution in [3.8, 4) is 23.0 Å². The van der Waals surface area contributed by atoms with E-state index in [4.69, 9.17) is 9.47 Å². The van der Waals surface area contributed by atoms with Crippen molar-refractivity contribution < 1.29 is 9.47 Å². The molecule has 8 aromatic carbocycles. The SMILES string of the molecule is c1ccc(N(c2ccc3c(c2)Oc2cccc4cccc(c24)O3)c2ccc3c4ccccc4c4ccccc4c3c2)cc1. The Morgan fingerprint density at radius 3 is 1.53 bits per heavy atom. The van der Waals surface area contributed by atoms with Crippen LogP contribution in [0.3, 0.4) is 0 Å². The maximum atomic E-state index is 6.56. The lowest BCUT2D eigenvalue weighted by Crippen LogP contribution is -2.10. The number of anilines is 3. The van der Waals surface area contributed by atoms with Gasteiger partial charge < -0.3 is 14.4 Å². The number of fused-ring (bicyclic) bond motifs is 7. The third kappa shape index (κ3) is 3.75. The molecule has 0 fully saturated rings. The van der Waals surface area contributed by atoms with Crippen LogP contribution in [0.4, 0.5) is 17.1 Å². The fourth-order valence-corrected chi connectivity index (χ4v) is 6.54. The predicted molar refractivity (Wildman–Crippen MR) is 178 cm³/mol. The number of hydrogen-bond acceptors (Lipinski definition) is 3. The summed E-state index contributed by atoms with van der Waals surface area (Å²) in [6.45, 7) is 0. The average Bonchev–Trinajstić information content (AvgIpc) is 3.23. The summed E-state index contributed by atoms with van der Waals surface area (Å²) in [5.74, 6) is 2.96. The van der Waals surface area contributed by atoms with Crippen molar-refractivity contribution in [1.29, 1.82) is 0 Å². The molecule has 0 amide bonds. The molecule has 0 aromatic heterocycles.